The second-order valence-electron chi connectivity index (χ2n) is 5.48. The average molecular weight is 395 g/mol. The number of hydrogen-bond acceptors (Lipinski definition) is 6. The average Bonchev–Trinajstić information content (AvgIpc) is 2.90. The number of methoxy groups -OCH3 is 1. The summed E-state index contributed by atoms with van der Waals surface area (Å²) in [4.78, 5) is 11.9. The number of carbonyl (C=O) groups excluding carboxylic acids is 1. The number of amides is 1. The van der Waals surface area contributed by atoms with Crippen LogP contribution in [0.2, 0.25) is 0 Å². The smallest absolute Gasteiger partial charge is 0.387 e. The van der Waals surface area contributed by atoms with Crippen molar-refractivity contribution in [2.75, 3.05) is 24.4 Å². The number of halogens is 2. The standard InChI is InChI=1S/C15H19F2NO5S2/c1-22-13-6-10(2-3-12(13)23-15(16)17)7-18-14(19)8-24-11-4-5-25(20,21)9-11/h2-3,6,11,15H,4-5,7-9H2,1H3,(H,18,19)/t11-/m1/s1. The van der Waals surface area contributed by atoms with E-state index in [0.29, 0.717) is 12.0 Å². The molecule has 140 valence electrons. The van der Waals surface area contributed by atoms with Crippen LogP contribution in [0.15, 0.2) is 18.2 Å². The Morgan fingerprint density at radius 1 is 1.40 bits per heavy atom. The first-order valence-corrected chi connectivity index (χ1v) is 10.4. The molecule has 0 aliphatic carbocycles. The van der Waals surface area contributed by atoms with Crippen LogP contribution in [-0.2, 0) is 21.2 Å². The molecule has 1 atom stereocenters. The molecule has 1 aliphatic rings. The lowest BCUT2D eigenvalue weighted by Gasteiger charge is -2.12. The van der Waals surface area contributed by atoms with Gasteiger partial charge in [0.1, 0.15) is 0 Å². The monoisotopic (exact) mass is 395 g/mol. The van der Waals surface area contributed by atoms with Gasteiger partial charge in [-0.25, -0.2) is 8.42 Å². The molecular formula is C15H19F2NO5S2. The number of ether oxygens (including phenoxy) is 2. The van der Waals surface area contributed by atoms with Crippen molar-refractivity contribution in [1.29, 1.82) is 0 Å². The van der Waals surface area contributed by atoms with Crippen molar-refractivity contribution < 1.29 is 31.5 Å². The summed E-state index contributed by atoms with van der Waals surface area (Å²) in [6.07, 6.45) is 0.572. The molecule has 0 saturated carbocycles. The SMILES string of the molecule is COc1cc(CNC(=O)CS[C@@H]2CCS(=O)(=O)C2)ccc1OC(F)F. The van der Waals surface area contributed by atoms with Crippen molar-refractivity contribution >= 4 is 27.5 Å². The van der Waals surface area contributed by atoms with Gasteiger partial charge in [-0.05, 0) is 24.1 Å². The molecule has 0 unspecified atom stereocenters. The molecule has 0 radical (unpaired) electrons. The summed E-state index contributed by atoms with van der Waals surface area (Å²) in [7, 11) is -1.62. The normalized spacial score (nSPS) is 19.0. The largest absolute Gasteiger partial charge is 0.493 e. The Morgan fingerprint density at radius 3 is 2.76 bits per heavy atom. The summed E-state index contributed by atoms with van der Waals surface area (Å²) >= 11 is 1.33. The van der Waals surface area contributed by atoms with E-state index in [-0.39, 0.29) is 46.5 Å². The topological polar surface area (TPSA) is 81.7 Å². The highest BCUT2D eigenvalue weighted by molar-refractivity contribution is 8.02. The van der Waals surface area contributed by atoms with Crippen molar-refractivity contribution in [2.45, 2.75) is 24.8 Å². The summed E-state index contributed by atoms with van der Waals surface area (Å²) < 4.78 is 56.6. The number of thioether (sulfide) groups is 1. The van der Waals surface area contributed by atoms with Crippen LogP contribution in [0.5, 0.6) is 11.5 Å². The fraction of sp³-hybridized carbons (Fsp3) is 0.533. The van der Waals surface area contributed by atoms with Crippen LogP contribution in [0.1, 0.15) is 12.0 Å². The van der Waals surface area contributed by atoms with Gasteiger partial charge >= 0.3 is 6.61 Å². The highest BCUT2D eigenvalue weighted by Crippen LogP contribution is 2.29. The highest BCUT2D eigenvalue weighted by Gasteiger charge is 2.28. The van der Waals surface area contributed by atoms with Gasteiger partial charge in [0.25, 0.3) is 0 Å². The maximum Gasteiger partial charge on any atom is 0.387 e. The maximum atomic E-state index is 12.3. The third-order valence-electron chi connectivity index (χ3n) is 3.57. The van der Waals surface area contributed by atoms with Crippen molar-refractivity contribution in [2.24, 2.45) is 0 Å². The Morgan fingerprint density at radius 2 is 2.16 bits per heavy atom. The molecule has 1 N–H and O–H groups in total. The van der Waals surface area contributed by atoms with Crippen molar-refractivity contribution in [3.8, 4) is 11.5 Å². The highest BCUT2D eigenvalue weighted by atomic mass is 32.2. The third kappa shape index (κ3) is 6.35. The van der Waals surface area contributed by atoms with Gasteiger partial charge in [-0.2, -0.15) is 8.78 Å². The Bertz CT molecular complexity index is 712. The molecule has 25 heavy (non-hydrogen) atoms. The molecule has 0 aromatic heterocycles. The van der Waals surface area contributed by atoms with Crippen LogP contribution in [0.4, 0.5) is 8.78 Å². The minimum Gasteiger partial charge on any atom is -0.493 e. The van der Waals surface area contributed by atoms with Gasteiger partial charge in [-0.3, -0.25) is 4.79 Å². The van der Waals surface area contributed by atoms with E-state index >= 15 is 0 Å². The van der Waals surface area contributed by atoms with Gasteiger partial charge in [0, 0.05) is 11.8 Å². The second-order valence-corrected chi connectivity index (χ2v) is 8.99. The lowest BCUT2D eigenvalue weighted by Crippen LogP contribution is -2.25. The Kier molecular flexibility index (Phi) is 6.88. The second kappa shape index (κ2) is 8.70. The molecule has 2 rings (SSSR count). The van der Waals surface area contributed by atoms with Crippen LogP contribution in [0, 0.1) is 0 Å². The Hall–Kier alpha value is -1.55. The molecule has 10 heteroatoms. The van der Waals surface area contributed by atoms with E-state index in [1.807, 2.05) is 0 Å². The summed E-state index contributed by atoms with van der Waals surface area (Å²) in [6.45, 7) is -2.75. The van der Waals surface area contributed by atoms with Crippen LogP contribution in [-0.4, -0.2) is 50.6 Å². The summed E-state index contributed by atoms with van der Waals surface area (Å²) in [5.41, 5.74) is 0.667. The maximum absolute atomic E-state index is 12.3. The van der Waals surface area contributed by atoms with Gasteiger partial charge in [0.15, 0.2) is 21.3 Å². The zero-order valence-electron chi connectivity index (χ0n) is 13.5. The minimum atomic E-state index is -2.95. The molecule has 0 bridgehead atoms. The molecule has 1 amide bonds. The molecule has 1 aromatic rings. The first-order chi connectivity index (χ1) is 11.8. The summed E-state index contributed by atoms with van der Waals surface area (Å²) in [5, 5.41) is 2.66. The molecule has 6 nitrogen and oxygen atoms in total. The van der Waals surface area contributed by atoms with Crippen molar-refractivity contribution in [3.63, 3.8) is 0 Å². The molecule has 0 spiro atoms. The van der Waals surface area contributed by atoms with Crippen LogP contribution >= 0.6 is 11.8 Å². The van der Waals surface area contributed by atoms with Gasteiger partial charge in [0.05, 0.1) is 24.4 Å². The summed E-state index contributed by atoms with van der Waals surface area (Å²) in [6, 6.07) is 4.41. The van der Waals surface area contributed by atoms with Gasteiger partial charge < -0.3 is 14.8 Å². The fourth-order valence-corrected chi connectivity index (χ4v) is 5.83. The predicted octanol–water partition coefficient (Wildman–Crippen LogP) is 1.83. The number of sulfone groups is 1. The van der Waals surface area contributed by atoms with E-state index in [1.54, 1.807) is 6.07 Å². The minimum absolute atomic E-state index is 0.0402. The number of carbonyl (C=O) groups is 1. The van der Waals surface area contributed by atoms with Gasteiger partial charge in [-0.1, -0.05) is 6.07 Å². The number of rotatable bonds is 8. The third-order valence-corrected chi connectivity index (χ3v) is 6.86. The van der Waals surface area contributed by atoms with Gasteiger partial charge in [0.2, 0.25) is 5.91 Å². The van der Waals surface area contributed by atoms with E-state index in [9.17, 15) is 22.0 Å². The van der Waals surface area contributed by atoms with Crippen LogP contribution in [0.25, 0.3) is 0 Å². The fourth-order valence-electron chi connectivity index (χ4n) is 2.35. The van der Waals surface area contributed by atoms with E-state index in [0.717, 1.165) is 0 Å². The van der Waals surface area contributed by atoms with E-state index in [2.05, 4.69) is 10.1 Å². The van der Waals surface area contributed by atoms with E-state index in [4.69, 9.17) is 4.74 Å². The van der Waals surface area contributed by atoms with Gasteiger partial charge in [-0.15, -0.1) is 11.8 Å². The lowest BCUT2D eigenvalue weighted by atomic mass is 10.2. The lowest BCUT2D eigenvalue weighted by molar-refractivity contribution is -0.118. The number of benzene rings is 1. The molecular weight excluding hydrogens is 376 g/mol. The molecule has 1 aromatic carbocycles. The quantitative estimate of drug-likeness (QED) is 0.723. The van der Waals surface area contributed by atoms with E-state index in [1.165, 1.54) is 31.0 Å². The Balaban J connectivity index is 1.81. The molecule has 1 fully saturated rings. The van der Waals surface area contributed by atoms with Crippen molar-refractivity contribution in [3.05, 3.63) is 23.8 Å². The molecule has 1 saturated heterocycles. The number of nitrogens with one attached hydrogen (secondary N) is 1. The number of hydrogen-bond donors (Lipinski definition) is 1. The summed E-state index contributed by atoms with van der Waals surface area (Å²) in [5.74, 6) is 0.320. The van der Waals surface area contributed by atoms with E-state index < -0.39 is 16.4 Å². The first-order valence-electron chi connectivity index (χ1n) is 7.49. The zero-order chi connectivity index (χ0) is 18.4. The molecule has 1 aliphatic heterocycles. The molecule has 1 heterocycles. The van der Waals surface area contributed by atoms with Crippen LogP contribution in [0.3, 0.4) is 0 Å². The Labute approximate surface area is 149 Å². The van der Waals surface area contributed by atoms with Crippen molar-refractivity contribution in [1.82, 2.24) is 5.32 Å². The predicted molar refractivity (Wildman–Crippen MR) is 91.0 cm³/mol. The first kappa shape index (κ1) is 19.8. The van der Waals surface area contributed by atoms with Crippen LogP contribution < -0.4 is 14.8 Å². The zero-order valence-corrected chi connectivity index (χ0v) is 15.2. The number of alkyl halides is 2.